The van der Waals surface area contributed by atoms with E-state index in [1.54, 1.807) is 25.3 Å². The topological polar surface area (TPSA) is 50.8 Å². The van der Waals surface area contributed by atoms with Crippen molar-refractivity contribution in [3.05, 3.63) is 59.2 Å². The highest BCUT2D eigenvalue weighted by Crippen LogP contribution is 2.30. The van der Waals surface area contributed by atoms with Gasteiger partial charge in [-0.3, -0.25) is 4.79 Å². The summed E-state index contributed by atoms with van der Waals surface area (Å²) < 4.78 is 10.6. The first-order chi connectivity index (χ1) is 11.6. The van der Waals surface area contributed by atoms with Gasteiger partial charge >= 0.3 is 0 Å². The van der Waals surface area contributed by atoms with Crippen LogP contribution in [0.2, 0.25) is 0 Å². The molecule has 128 valence electrons. The predicted octanol–water partition coefficient (Wildman–Crippen LogP) is 2.70. The number of ether oxygens (including phenoxy) is 2. The second-order valence-corrected chi connectivity index (χ2v) is 5.73. The standard InChI is InChI=1S/C19H24N2O3/c1-21(2)13-15-9-6-5-8-14(15)12-20-19(22)16-10-7-11-17(23-3)18(16)24-4/h5-11H,12-13H2,1-4H3,(H,20,22). The lowest BCUT2D eigenvalue weighted by molar-refractivity contribution is 0.0947. The van der Waals surface area contributed by atoms with Crippen molar-refractivity contribution in [2.45, 2.75) is 13.1 Å². The van der Waals surface area contributed by atoms with Crippen molar-refractivity contribution >= 4 is 5.91 Å². The fourth-order valence-electron chi connectivity index (χ4n) is 2.56. The second kappa shape index (κ2) is 8.36. The van der Waals surface area contributed by atoms with Gasteiger partial charge in [0.15, 0.2) is 11.5 Å². The molecule has 5 nitrogen and oxygen atoms in total. The van der Waals surface area contributed by atoms with Gasteiger partial charge in [0.2, 0.25) is 0 Å². The van der Waals surface area contributed by atoms with Crippen LogP contribution in [-0.2, 0) is 13.1 Å². The van der Waals surface area contributed by atoms with Gasteiger partial charge in [0.1, 0.15) is 0 Å². The number of rotatable bonds is 7. The maximum Gasteiger partial charge on any atom is 0.255 e. The van der Waals surface area contributed by atoms with Crippen LogP contribution in [0.1, 0.15) is 21.5 Å². The molecule has 1 amide bonds. The molecule has 0 heterocycles. The zero-order valence-electron chi connectivity index (χ0n) is 14.6. The molecule has 0 spiro atoms. The minimum Gasteiger partial charge on any atom is -0.493 e. The van der Waals surface area contributed by atoms with Crippen LogP contribution in [0.25, 0.3) is 0 Å². The number of carbonyl (C=O) groups excluding carboxylic acids is 1. The van der Waals surface area contributed by atoms with Crippen LogP contribution in [0.3, 0.4) is 0 Å². The monoisotopic (exact) mass is 328 g/mol. The molecule has 0 aliphatic carbocycles. The van der Waals surface area contributed by atoms with Crippen molar-refractivity contribution in [2.24, 2.45) is 0 Å². The van der Waals surface area contributed by atoms with E-state index in [1.165, 1.54) is 12.7 Å². The van der Waals surface area contributed by atoms with Crippen molar-refractivity contribution < 1.29 is 14.3 Å². The third-order valence-electron chi connectivity index (χ3n) is 3.69. The first-order valence-corrected chi connectivity index (χ1v) is 7.77. The van der Waals surface area contributed by atoms with Gasteiger partial charge in [-0.25, -0.2) is 0 Å². The molecule has 2 rings (SSSR count). The number of hydrogen-bond donors (Lipinski definition) is 1. The predicted molar refractivity (Wildman–Crippen MR) is 94.5 cm³/mol. The van der Waals surface area contributed by atoms with Crippen LogP contribution in [0.15, 0.2) is 42.5 Å². The Labute approximate surface area is 143 Å². The van der Waals surface area contributed by atoms with Gasteiger partial charge < -0.3 is 19.7 Å². The van der Waals surface area contributed by atoms with Gasteiger partial charge in [0.25, 0.3) is 5.91 Å². The molecular formula is C19H24N2O3. The van der Waals surface area contributed by atoms with Crippen molar-refractivity contribution in [2.75, 3.05) is 28.3 Å². The Balaban J connectivity index is 2.15. The number of para-hydroxylation sites is 1. The molecule has 0 aliphatic heterocycles. The summed E-state index contributed by atoms with van der Waals surface area (Å²) in [5, 5.41) is 2.96. The molecule has 1 N–H and O–H groups in total. The lowest BCUT2D eigenvalue weighted by Gasteiger charge is -2.16. The summed E-state index contributed by atoms with van der Waals surface area (Å²) in [6, 6.07) is 13.4. The molecule has 2 aromatic carbocycles. The number of nitrogens with one attached hydrogen (secondary N) is 1. The highest BCUT2D eigenvalue weighted by atomic mass is 16.5. The lowest BCUT2D eigenvalue weighted by atomic mass is 10.1. The van der Waals surface area contributed by atoms with Crippen LogP contribution in [0, 0.1) is 0 Å². The Kier molecular flexibility index (Phi) is 6.21. The highest BCUT2D eigenvalue weighted by molar-refractivity contribution is 5.97. The van der Waals surface area contributed by atoms with Gasteiger partial charge in [-0.15, -0.1) is 0 Å². The fourth-order valence-corrected chi connectivity index (χ4v) is 2.56. The Morgan fingerprint density at radius 1 is 1.00 bits per heavy atom. The molecular weight excluding hydrogens is 304 g/mol. The van der Waals surface area contributed by atoms with Crippen LogP contribution >= 0.6 is 0 Å². The summed E-state index contributed by atoms with van der Waals surface area (Å²) in [5.41, 5.74) is 2.75. The van der Waals surface area contributed by atoms with Crippen LogP contribution in [0.5, 0.6) is 11.5 Å². The molecule has 0 fully saturated rings. The van der Waals surface area contributed by atoms with E-state index in [-0.39, 0.29) is 5.91 Å². The Morgan fingerprint density at radius 3 is 2.33 bits per heavy atom. The molecule has 24 heavy (non-hydrogen) atoms. The lowest BCUT2D eigenvalue weighted by Crippen LogP contribution is -2.24. The average molecular weight is 328 g/mol. The van der Waals surface area contributed by atoms with Gasteiger partial charge in [-0.2, -0.15) is 0 Å². The summed E-state index contributed by atoms with van der Waals surface area (Å²) in [7, 11) is 7.13. The van der Waals surface area contributed by atoms with Crippen LogP contribution < -0.4 is 14.8 Å². The molecule has 0 saturated heterocycles. The third-order valence-corrected chi connectivity index (χ3v) is 3.69. The number of hydrogen-bond acceptors (Lipinski definition) is 4. The Bertz CT molecular complexity index is 699. The summed E-state index contributed by atoms with van der Waals surface area (Å²) in [4.78, 5) is 14.6. The normalized spacial score (nSPS) is 10.5. The van der Waals surface area contributed by atoms with Crippen molar-refractivity contribution in [1.29, 1.82) is 0 Å². The largest absolute Gasteiger partial charge is 0.493 e. The van der Waals surface area contributed by atoms with Crippen LogP contribution in [-0.4, -0.2) is 39.1 Å². The first kappa shape index (κ1) is 17.8. The molecule has 0 radical (unpaired) electrons. The highest BCUT2D eigenvalue weighted by Gasteiger charge is 2.16. The number of nitrogens with zero attached hydrogens (tertiary/aromatic N) is 1. The number of amides is 1. The van der Waals surface area contributed by atoms with Gasteiger partial charge in [-0.05, 0) is 37.4 Å². The molecule has 0 aliphatic rings. The summed E-state index contributed by atoms with van der Waals surface area (Å²) >= 11 is 0. The van der Waals surface area contributed by atoms with E-state index in [2.05, 4.69) is 16.3 Å². The maximum absolute atomic E-state index is 12.5. The minimum atomic E-state index is -0.189. The Hall–Kier alpha value is -2.53. The van der Waals surface area contributed by atoms with Gasteiger partial charge in [0, 0.05) is 13.1 Å². The maximum atomic E-state index is 12.5. The Morgan fingerprint density at radius 2 is 1.71 bits per heavy atom. The summed E-state index contributed by atoms with van der Waals surface area (Å²) in [5.74, 6) is 0.794. The van der Waals surface area contributed by atoms with Gasteiger partial charge in [-0.1, -0.05) is 30.3 Å². The zero-order chi connectivity index (χ0) is 17.5. The first-order valence-electron chi connectivity index (χ1n) is 7.77. The molecule has 0 aromatic heterocycles. The van der Waals surface area contributed by atoms with E-state index in [1.807, 2.05) is 32.3 Å². The van der Waals surface area contributed by atoms with E-state index >= 15 is 0 Å². The van der Waals surface area contributed by atoms with E-state index in [0.29, 0.717) is 23.6 Å². The van der Waals surface area contributed by atoms with E-state index < -0.39 is 0 Å². The molecule has 0 unspecified atom stereocenters. The molecule has 0 atom stereocenters. The average Bonchev–Trinajstić information content (AvgIpc) is 2.59. The van der Waals surface area contributed by atoms with E-state index in [4.69, 9.17) is 9.47 Å². The summed E-state index contributed by atoms with van der Waals surface area (Å²) in [6.45, 7) is 1.29. The minimum absolute atomic E-state index is 0.189. The van der Waals surface area contributed by atoms with Crippen molar-refractivity contribution in [3.63, 3.8) is 0 Å². The molecule has 0 bridgehead atoms. The third kappa shape index (κ3) is 4.26. The van der Waals surface area contributed by atoms with E-state index in [0.717, 1.165) is 12.1 Å². The molecule has 2 aromatic rings. The van der Waals surface area contributed by atoms with E-state index in [9.17, 15) is 4.79 Å². The SMILES string of the molecule is COc1cccc(C(=O)NCc2ccccc2CN(C)C)c1OC. The second-order valence-electron chi connectivity index (χ2n) is 5.73. The number of carbonyl (C=O) groups is 1. The summed E-state index contributed by atoms with van der Waals surface area (Å²) in [6.07, 6.45) is 0. The van der Waals surface area contributed by atoms with Crippen LogP contribution in [0.4, 0.5) is 0 Å². The number of benzene rings is 2. The number of methoxy groups -OCH3 is 2. The molecule has 0 saturated carbocycles. The van der Waals surface area contributed by atoms with Crippen molar-refractivity contribution in [1.82, 2.24) is 10.2 Å². The smallest absolute Gasteiger partial charge is 0.255 e. The van der Waals surface area contributed by atoms with Gasteiger partial charge in [0.05, 0.1) is 19.8 Å². The fraction of sp³-hybridized carbons (Fsp3) is 0.316. The zero-order valence-corrected chi connectivity index (χ0v) is 14.6. The molecule has 5 heteroatoms. The quantitative estimate of drug-likeness (QED) is 0.849. The van der Waals surface area contributed by atoms with Crippen molar-refractivity contribution in [3.8, 4) is 11.5 Å².